The van der Waals surface area contributed by atoms with Gasteiger partial charge in [-0.2, -0.15) is 0 Å². The van der Waals surface area contributed by atoms with Crippen LogP contribution in [0, 0.1) is 0 Å². The van der Waals surface area contributed by atoms with Gasteiger partial charge in [0.25, 0.3) is 0 Å². The zero-order valence-corrected chi connectivity index (χ0v) is 17.0. The van der Waals surface area contributed by atoms with E-state index in [1.54, 1.807) is 23.1 Å². The van der Waals surface area contributed by atoms with Crippen molar-refractivity contribution in [1.29, 1.82) is 0 Å². The molecule has 3 aliphatic heterocycles. The Morgan fingerprint density at radius 3 is 2.71 bits per heavy atom. The molecule has 0 aliphatic carbocycles. The Kier molecular flexibility index (Phi) is 3.70. The number of hydrogen-bond acceptors (Lipinski definition) is 6. The molecule has 2 aromatic carbocycles. The first-order valence-electron chi connectivity index (χ1n) is 8.87. The summed E-state index contributed by atoms with van der Waals surface area (Å²) >= 11 is 9.46. The number of aliphatic imine (C=N–C) groups is 1. The molecule has 3 aliphatic rings. The summed E-state index contributed by atoms with van der Waals surface area (Å²) in [5.74, 6) is 3.17. The third-order valence-electron chi connectivity index (χ3n) is 5.31. The van der Waals surface area contributed by atoms with Crippen molar-refractivity contribution >= 4 is 45.4 Å². The van der Waals surface area contributed by atoms with Gasteiger partial charge in [0.05, 0.1) is 15.1 Å². The van der Waals surface area contributed by atoms with Crippen LogP contribution in [0.4, 0.5) is 5.69 Å². The van der Waals surface area contributed by atoms with Gasteiger partial charge in [0.15, 0.2) is 11.5 Å². The lowest BCUT2D eigenvalue weighted by Gasteiger charge is -2.25. The molecule has 4 nitrogen and oxygen atoms in total. The second kappa shape index (κ2) is 6.17. The summed E-state index contributed by atoms with van der Waals surface area (Å²) in [5, 5.41) is 1.05. The summed E-state index contributed by atoms with van der Waals surface area (Å²) in [5.41, 5.74) is 2.87. The maximum atomic E-state index is 6.16. The van der Waals surface area contributed by atoms with Crippen molar-refractivity contribution in [3.05, 3.63) is 68.9 Å². The number of ether oxygens (including phenoxy) is 3. The summed E-state index contributed by atoms with van der Waals surface area (Å²) in [6, 6.07) is 16.3. The number of halogens is 1. The summed E-state index contributed by atoms with van der Waals surface area (Å²) in [6.07, 6.45) is 0. The molecule has 1 spiro atoms. The van der Waals surface area contributed by atoms with Gasteiger partial charge < -0.3 is 14.2 Å². The number of hydrogen-bond donors (Lipinski definition) is 0. The van der Waals surface area contributed by atoms with E-state index in [0.717, 1.165) is 43.6 Å². The topological polar surface area (TPSA) is 40.0 Å². The van der Waals surface area contributed by atoms with Crippen molar-refractivity contribution < 1.29 is 14.2 Å². The zero-order chi connectivity index (χ0) is 18.7. The van der Waals surface area contributed by atoms with E-state index in [2.05, 4.69) is 30.3 Å². The van der Waals surface area contributed by atoms with Gasteiger partial charge in [0, 0.05) is 22.3 Å². The molecule has 0 amide bonds. The number of nitrogens with zero attached hydrogens (tertiary/aromatic N) is 1. The van der Waals surface area contributed by atoms with Gasteiger partial charge in [-0.15, -0.1) is 23.1 Å². The van der Waals surface area contributed by atoms with E-state index in [1.807, 2.05) is 18.2 Å². The van der Waals surface area contributed by atoms with Crippen LogP contribution in [-0.2, 0) is 11.2 Å². The molecular formula is C21H14ClNO3S2. The molecule has 1 aromatic heterocycles. The number of para-hydroxylation sites is 1. The van der Waals surface area contributed by atoms with Gasteiger partial charge in [-0.25, -0.2) is 4.99 Å². The lowest BCUT2D eigenvalue weighted by Crippen LogP contribution is -2.34. The van der Waals surface area contributed by atoms with Gasteiger partial charge in [-0.3, -0.25) is 0 Å². The first kappa shape index (κ1) is 16.8. The van der Waals surface area contributed by atoms with Crippen LogP contribution in [0.1, 0.15) is 16.0 Å². The molecule has 28 heavy (non-hydrogen) atoms. The van der Waals surface area contributed by atoms with Crippen LogP contribution < -0.4 is 14.2 Å². The van der Waals surface area contributed by atoms with Crippen LogP contribution in [0.15, 0.2) is 53.5 Å². The van der Waals surface area contributed by atoms with E-state index in [1.165, 1.54) is 10.4 Å². The van der Waals surface area contributed by atoms with Crippen molar-refractivity contribution in [3.63, 3.8) is 0 Å². The van der Waals surface area contributed by atoms with Crippen molar-refractivity contribution in [2.75, 3.05) is 13.4 Å². The van der Waals surface area contributed by atoms with E-state index in [-0.39, 0.29) is 6.79 Å². The van der Waals surface area contributed by atoms with E-state index in [4.69, 9.17) is 30.8 Å². The maximum Gasteiger partial charge on any atom is 0.231 e. The smallest absolute Gasteiger partial charge is 0.231 e. The van der Waals surface area contributed by atoms with E-state index in [9.17, 15) is 0 Å². The highest BCUT2D eigenvalue weighted by Crippen LogP contribution is 2.56. The number of benzene rings is 2. The predicted octanol–water partition coefficient (Wildman–Crippen LogP) is 5.79. The second-order valence-electron chi connectivity index (χ2n) is 6.82. The third kappa shape index (κ3) is 2.35. The molecule has 0 N–H and O–H groups in total. The van der Waals surface area contributed by atoms with Crippen molar-refractivity contribution in [3.8, 4) is 17.2 Å². The van der Waals surface area contributed by atoms with Crippen molar-refractivity contribution in [1.82, 2.24) is 0 Å². The average Bonchev–Trinajstić information content (AvgIpc) is 3.47. The van der Waals surface area contributed by atoms with E-state index >= 15 is 0 Å². The minimum absolute atomic E-state index is 0.247. The quantitative estimate of drug-likeness (QED) is 0.519. The standard InChI is InChI=1S/C21H14ClNO3S2/c22-19-6-5-12(28-19)9-27-20-21(13-3-1-2-4-15(13)23-20)10-24-16-8-18-17(7-14(16)21)25-11-26-18/h1-8H,9-11H2. The normalized spacial score (nSPS) is 20.8. The molecule has 140 valence electrons. The van der Waals surface area contributed by atoms with Crippen LogP contribution in [0.25, 0.3) is 0 Å². The molecule has 1 unspecified atom stereocenters. The first-order valence-corrected chi connectivity index (χ1v) is 11.0. The Labute approximate surface area is 175 Å². The highest BCUT2D eigenvalue weighted by atomic mass is 35.5. The highest BCUT2D eigenvalue weighted by Gasteiger charge is 2.52. The van der Waals surface area contributed by atoms with Crippen LogP contribution in [0.2, 0.25) is 4.34 Å². The zero-order valence-electron chi connectivity index (χ0n) is 14.6. The Balaban J connectivity index is 1.46. The van der Waals surface area contributed by atoms with E-state index < -0.39 is 5.41 Å². The molecule has 0 saturated heterocycles. The highest BCUT2D eigenvalue weighted by molar-refractivity contribution is 8.13. The summed E-state index contributed by atoms with van der Waals surface area (Å²) < 4.78 is 18.1. The molecule has 4 heterocycles. The monoisotopic (exact) mass is 427 g/mol. The fraction of sp³-hybridized carbons (Fsp3) is 0.190. The van der Waals surface area contributed by atoms with E-state index in [0.29, 0.717) is 6.61 Å². The summed E-state index contributed by atoms with van der Waals surface area (Å²) in [6.45, 7) is 0.774. The Bertz CT molecular complexity index is 1140. The largest absolute Gasteiger partial charge is 0.491 e. The minimum atomic E-state index is -0.404. The molecule has 7 heteroatoms. The minimum Gasteiger partial charge on any atom is -0.491 e. The maximum absolute atomic E-state index is 6.16. The Hall–Kier alpha value is -2.15. The SMILES string of the molecule is Clc1ccc(CSC2=Nc3ccccc3C23COc2cc4c(cc23)OCO4)s1. The lowest BCUT2D eigenvalue weighted by molar-refractivity contribution is 0.173. The van der Waals surface area contributed by atoms with Crippen LogP contribution in [0.3, 0.4) is 0 Å². The number of rotatable bonds is 2. The molecular weight excluding hydrogens is 414 g/mol. The summed E-state index contributed by atoms with van der Waals surface area (Å²) in [7, 11) is 0. The molecule has 0 bridgehead atoms. The number of fused-ring (bicyclic) bond motifs is 5. The fourth-order valence-electron chi connectivity index (χ4n) is 4.02. The third-order valence-corrected chi connectivity index (χ3v) is 7.89. The van der Waals surface area contributed by atoms with Crippen molar-refractivity contribution in [2.24, 2.45) is 4.99 Å². The van der Waals surface area contributed by atoms with Gasteiger partial charge in [-0.05, 0) is 29.8 Å². The Morgan fingerprint density at radius 1 is 1.00 bits per heavy atom. The second-order valence-corrected chi connectivity index (χ2v) is 9.59. The van der Waals surface area contributed by atoms with Gasteiger partial charge in [-0.1, -0.05) is 29.8 Å². The molecule has 6 rings (SSSR count). The van der Waals surface area contributed by atoms with Crippen LogP contribution in [0.5, 0.6) is 17.2 Å². The molecule has 3 aromatic rings. The van der Waals surface area contributed by atoms with Gasteiger partial charge >= 0.3 is 0 Å². The molecule has 1 atom stereocenters. The van der Waals surface area contributed by atoms with Crippen molar-refractivity contribution in [2.45, 2.75) is 11.2 Å². The van der Waals surface area contributed by atoms with Gasteiger partial charge in [0.1, 0.15) is 17.8 Å². The Morgan fingerprint density at radius 2 is 1.86 bits per heavy atom. The average molecular weight is 428 g/mol. The molecule has 0 radical (unpaired) electrons. The van der Waals surface area contributed by atoms with Gasteiger partial charge in [0.2, 0.25) is 6.79 Å². The number of thioether (sulfide) groups is 1. The predicted molar refractivity (Wildman–Crippen MR) is 113 cm³/mol. The number of thiophene rings is 1. The first-order chi connectivity index (χ1) is 13.7. The molecule has 0 fully saturated rings. The van der Waals surface area contributed by atoms with Crippen LogP contribution >= 0.6 is 34.7 Å². The van der Waals surface area contributed by atoms with Crippen LogP contribution in [-0.4, -0.2) is 18.4 Å². The summed E-state index contributed by atoms with van der Waals surface area (Å²) in [4.78, 5) is 6.23. The lowest BCUT2D eigenvalue weighted by atomic mass is 9.77. The molecule has 0 saturated carbocycles. The fourth-order valence-corrected chi connectivity index (χ4v) is 6.37.